The van der Waals surface area contributed by atoms with Crippen molar-refractivity contribution in [3.63, 3.8) is 0 Å². The third-order valence-corrected chi connectivity index (χ3v) is 4.18. The number of anilines is 1. The number of rotatable bonds is 4. The van der Waals surface area contributed by atoms with Gasteiger partial charge in [-0.1, -0.05) is 5.16 Å². The van der Waals surface area contributed by atoms with Crippen LogP contribution in [0.15, 0.2) is 16.7 Å². The fourth-order valence-electron chi connectivity index (χ4n) is 2.86. The Morgan fingerprint density at radius 2 is 2.22 bits per heavy atom. The van der Waals surface area contributed by atoms with Crippen molar-refractivity contribution in [3.8, 4) is 6.07 Å². The van der Waals surface area contributed by atoms with E-state index in [4.69, 9.17) is 14.5 Å². The van der Waals surface area contributed by atoms with Gasteiger partial charge in [0, 0.05) is 24.3 Å². The van der Waals surface area contributed by atoms with Crippen LogP contribution in [0.2, 0.25) is 0 Å². The van der Waals surface area contributed by atoms with Crippen molar-refractivity contribution in [1.82, 2.24) is 10.1 Å². The molecule has 0 aromatic carbocycles. The SMILES string of the molecule is Cc1cc(C#N)cc(N2CCC(OCc3c(C)noc3C)C2)n1. The van der Waals surface area contributed by atoms with E-state index < -0.39 is 0 Å². The minimum atomic E-state index is 0.150. The van der Waals surface area contributed by atoms with E-state index in [-0.39, 0.29) is 6.10 Å². The molecule has 6 heteroatoms. The van der Waals surface area contributed by atoms with Crippen LogP contribution < -0.4 is 4.90 Å². The molecule has 3 rings (SSSR count). The largest absolute Gasteiger partial charge is 0.371 e. The van der Waals surface area contributed by atoms with Crippen molar-refractivity contribution in [2.24, 2.45) is 0 Å². The normalized spacial score (nSPS) is 17.5. The van der Waals surface area contributed by atoms with Crippen LogP contribution in [0, 0.1) is 32.1 Å². The molecule has 1 atom stereocenters. The van der Waals surface area contributed by atoms with Crippen molar-refractivity contribution in [2.45, 2.75) is 39.9 Å². The monoisotopic (exact) mass is 312 g/mol. The van der Waals surface area contributed by atoms with Crippen LogP contribution in [0.25, 0.3) is 0 Å². The fourth-order valence-corrected chi connectivity index (χ4v) is 2.86. The first-order valence-electron chi connectivity index (χ1n) is 7.74. The summed E-state index contributed by atoms with van der Waals surface area (Å²) in [6.45, 7) is 7.92. The summed E-state index contributed by atoms with van der Waals surface area (Å²) in [6, 6.07) is 5.82. The number of nitrogens with zero attached hydrogens (tertiary/aromatic N) is 4. The van der Waals surface area contributed by atoms with Crippen LogP contribution in [0.1, 0.15) is 34.7 Å². The summed E-state index contributed by atoms with van der Waals surface area (Å²) in [6.07, 6.45) is 1.09. The number of hydrogen-bond donors (Lipinski definition) is 0. The second kappa shape index (κ2) is 6.39. The van der Waals surface area contributed by atoms with Gasteiger partial charge in [-0.15, -0.1) is 0 Å². The van der Waals surface area contributed by atoms with E-state index >= 15 is 0 Å². The lowest BCUT2D eigenvalue weighted by atomic mass is 10.2. The summed E-state index contributed by atoms with van der Waals surface area (Å²) < 4.78 is 11.2. The highest BCUT2D eigenvalue weighted by Crippen LogP contribution is 2.23. The Morgan fingerprint density at radius 1 is 1.39 bits per heavy atom. The number of aryl methyl sites for hydroxylation is 3. The summed E-state index contributed by atoms with van der Waals surface area (Å²) in [5.74, 6) is 1.67. The molecular formula is C17H20N4O2. The lowest BCUT2D eigenvalue weighted by Crippen LogP contribution is -2.24. The summed E-state index contributed by atoms with van der Waals surface area (Å²) in [5.41, 5.74) is 3.42. The molecule has 1 aliphatic rings. The molecule has 0 bridgehead atoms. The van der Waals surface area contributed by atoms with Crippen LogP contribution in [0.3, 0.4) is 0 Å². The molecule has 120 valence electrons. The number of ether oxygens (including phenoxy) is 1. The number of nitriles is 1. The van der Waals surface area contributed by atoms with E-state index in [1.165, 1.54) is 0 Å². The molecule has 0 spiro atoms. The molecule has 1 unspecified atom stereocenters. The van der Waals surface area contributed by atoms with Gasteiger partial charge in [0.2, 0.25) is 0 Å². The Labute approximate surface area is 135 Å². The van der Waals surface area contributed by atoms with Crippen molar-refractivity contribution < 1.29 is 9.26 Å². The maximum absolute atomic E-state index is 9.09. The lowest BCUT2D eigenvalue weighted by Gasteiger charge is -2.18. The zero-order chi connectivity index (χ0) is 16.4. The van der Waals surface area contributed by atoms with Crippen molar-refractivity contribution in [2.75, 3.05) is 18.0 Å². The molecule has 0 amide bonds. The van der Waals surface area contributed by atoms with Gasteiger partial charge < -0.3 is 14.2 Å². The highest BCUT2D eigenvalue weighted by atomic mass is 16.5. The standard InChI is InChI=1S/C17H20N4O2/c1-11-6-14(8-18)7-17(19-11)21-5-4-15(9-21)22-10-16-12(2)20-23-13(16)3/h6-7,15H,4-5,9-10H2,1-3H3. The minimum absolute atomic E-state index is 0.150. The van der Waals surface area contributed by atoms with Crippen LogP contribution in [0.4, 0.5) is 5.82 Å². The molecule has 6 nitrogen and oxygen atoms in total. The predicted molar refractivity (Wildman–Crippen MR) is 85.1 cm³/mol. The second-order valence-corrected chi connectivity index (χ2v) is 5.94. The van der Waals surface area contributed by atoms with Gasteiger partial charge in [-0.25, -0.2) is 4.98 Å². The van der Waals surface area contributed by atoms with E-state index in [0.717, 1.165) is 48.0 Å². The first-order chi connectivity index (χ1) is 11.1. The molecule has 0 aliphatic carbocycles. The average Bonchev–Trinajstić information content (AvgIpc) is 3.12. The van der Waals surface area contributed by atoms with Crippen LogP contribution in [-0.4, -0.2) is 29.3 Å². The highest BCUT2D eigenvalue weighted by molar-refractivity contribution is 5.47. The van der Waals surface area contributed by atoms with Gasteiger partial charge in [-0.2, -0.15) is 5.26 Å². The predicted octanol–water partition coefficient (Wildman–Crippen LogP) is 2.66. The molecule has 2 aromatic rings. The van der Waals surface area contributed by atoms with Crippen LogP contribution in [-0.2, 0) is 11.3 Å². The van der Waals surface area contributed by atoms with E-state index in [1.54, 1.807) is 6.07 Å². The Morgan fingerprint density at radius 3 is 2.91 bits per heavy atom. The maximum atomic E-state index is 9.09. The summed E-state index contributed by atoms with van der Waals surface area (Å²) in [7, 11) is 0. The number of aromatic nitrogens is 2. The first-order valence-corrected chi connectivity index (χ1v) is 7.74. The smallest absolute Gasteiger partial charge is 0.139 e. The summed E-state index contributed by atoms with van der Waals surface area (Å²) in [4.78, 5) is 6.70. The van der Waals surface area contributed by atoms with Crippen LogP contribution >= 0.6 is 0 Å². The lowest BCUT2D eigenvalue weighted by molar-refractivity contribution is 0.0544. The zero-order valence-electron chi connectivity index (χ0n) is 13.7. The average molecular weight is 312 g/mol. The number of pyridine rings is 1. The molecule has 0 radical (unpaired) electrons. The van der Waals surface area contributed by atoms with E-state index in [9.17, 15) is 0 Å². The van der Waals surface area contributed by atoms with Gasteiger partial charge in [0.05, 0.1) is 30.0 Å². The summed E-state index contributed by atoms with van der Waals surface area (Å²) in [5, 5.41) is 13.0. The quantitative estimate of drug-likeness (QED) is 0.864. The Bertz CT molecular complexity index is 728. The van der Waals surface area contributed by atoms with Gasteiger partial charge >= 0.3 is 0 Å². The molecule has 1 aliphatic heterocycles. The first kappa shape index (κ1) is 15.5. The topological polar surface area (TPSA) is 75.2 Å². The zero-order valence-corrected chi connectivity index (χ0v) is 13.7. The third-order valence-electron chi connectivity index (χ3n) is 4.18. The fraction of sp³-hybridized carbons (Fsp3) is 0.471. The molecule has 1 fully saturated rings. The molecule has 3 heterocycles. The highest BCUT2D eigenvalue weighted by Gasteiger charge is 2.25. The maximum Gasteiger partial charge on any atom is 0.139 e. The molecule has 23 heavy (non-hydrogen) atoms. The van der Waals surface area contributed by atoms with E-state index in [2.05, 4.69) is 21.1 Å². The van der Waals surface area contributed by atoms with Gasteiger partial charge in [0.15, 0.2) is 0 Å². The van der Waals surface area contributed by atoms with E-state index in [1.807, 2.05) is 26.8 Å². The van der Waals surface area contributed by atoms with Crippen LogP contribution in [0.5, 0.6) is 0 Å². The van der Waals surface area contributed by atoms with Gasteiger partial charge in [-0.05, 0) is 39.3 Å². The third kappa shape index (κ3) is 3.35. The molecule has 2 aromatic heterocycles. The van der Waals surface area contributed by atoms with E-state index in [0.29, 0.717) is 12.2 Å². The minimum Gasteiger partial charge on any atom is -0.371 e. The molecule has 1 saturated heterocycles. The molecule has 0 saturated carbocycles. The van der Waals surface area contributed by atoms with Crippen molar-refractivity contribution >= 4 is 5.82 Å². The van der Waals surface area contributed by atoms with Gasteiger partial charge in [0.25, 0.3) is 0 Å². The molecular weight excluding hydrogens is 292 g/mol. The van der Waals surface area contributed by atoms with Gasteiger partial charge in [-0.3, -0.25) is 0 Å². The van der Waals surface area contributed by atoms with Crippen molar-refractivity contribution in [1.29, 1.82) is 5.26 Å². The Kier molecular flexibility index (Phi) is 4.30. The molecule has 0 N–H and O–H groups in total. The van der Waals surface area contributed by atoms with Gasteiger partial charge in [0.1, 0.15) is 11.6 Å². The Hall–Kier alpha value is -2.39. The van der Waals surface area contributed by atoms with Crippen molar-refractivity contribution in [3.05, 3.63) is 40.4 Å². The second-order valence-electron chi connectivity index (χ2n) is 5.94. The Balaban J connectivity index is 1.63. The number of hydrogen-bond acceptors (Lipinski definition) is 6. The summed E-state index contributed by atoms with van der Waals surface area (Å²) >= 11 is 0.